The fraction of sp³-hybridized carbons (Fsp3) is 0.167. The van der Waals surface area contributed by atoms with Crippen molar-refractivity contribution in [1.29, 1.82) is 0 Å². The van der Waals surface area contributed by atoms with E-state index in [1.54, 1.807) is 31.2 Å². The molecule has 3 N–H and O–H groups in total. The quantitative estimate of drug-likeness (QED) is 0.531. The first kappa shape index (κ1) is 18.7. The molecule has 8 nitrogen and oxygen atoms in total. The number of aromatic carboxylic acids is 1. The maximum Gasteiger partial charge on any atom is 0.339 e. The van der Waals surface area contributed by atoms with Gasteiger partial charge in [-0.15, -0.1) is 5.11 Å². The molecule has 3 rings (SSSR count). The Bertz CT molecular complexity index is 1150. The Balaban J connectivity index is 2.22. The molecule has 0 aliphatic heterocycles. The minimum absolute atomic E-state index is 0.0345. The van der Waals surface area contributed by atoms with Crippen molar-refractivity contribution in [2.45, 2.75) is 19.8 Å². The van der Waals surface area contributed by atoms with Crippen molar-refractivity contribution in [2.24, 2.45) is 10.2 Å². The summed E-state index contributed by atoms with van der Waals surface area (Å²) in [6.07, 6.45) is 2.09. The Morgan fingerprint density at radius 2 is 1.85 bits per heavy atom. The summed E-state index contributed by atoms with van der Waals surface area (Å²) in [6, 6.07) is 8.02. The Hall–Kier alpha value is -3.04. The van der Waals surface area contributed by atoms with Gasteiger partial charge in [0.05, 0.1) is 5.70 Å². The first-order chi connectivity index (χ1) is 12.7. The highest BCUT2D eigenvalue weighted by Gasteiger charge is 2.22. The average molecular weight is 388 g/mol. The second kappa shape index (κ2) is 6.93. The third-order valence-electron chi connectivity index (χ3n) is 4.19. The molecule has 0 radical (unpaired) electrons. The van der Waals surface area contributed by atoms with Gasteiger partial charge in [0, 0.05) is 5.39 Å². The molecule has 0 fully saturated rings. The highest BCUT2D eigenvalue weighted by Crippen LogP contribution is 2.39. The fourth-order valence-corrected chi connectivity index (χ4v) is 3.62. The molecule has 1 aliphatic rings. The number of nitrogens with zero attached hydrogens (tertiary/aromatic N) is 2. The van der Waals surface area contributed by atoms with Crippen LogP contribution in [0.5, 0.6) is 5.75 Å². The van der Waals surface area contributed by atoms with Crippen molar-refractivity contribution in [1.82, 2.24) is 0 Å². The van der Waals surface area contributed by atoms with E-state index in [9.17, 15) is 28.0 Å². The smallest absolute Gasteiger partial charge is 0.339 e. The van der Waals surface area contributed by atoms with Crippen LogP contribution in [0.4, 0.5) is 5.69 Å². The van der Waals surface area contributed by atoms with Gasteiger partial charge < -0.3 is 10.2 Å². The molecule has 0 aromatic heterocycles. The lowest BCUT2D eigenvalue weighted by molar-refractivity contribution is 0.0694. The van der Waals surface area contributed by atoms with Crippen molar-refractivity contribution in [3.63, 3.8) is 0 Å². The van der Waals surface area contributed by atoms with Crippen molar-refractivity contribution < 1.29 is 28.0 Å². The van der Waals surface area contributed by atoms with Gasteiger partial charge in [0.1, 0.15) is 16.2 Å². The molecular formula is C18H16N2O6S. The zero-order valence-electron chi connectivity index (χ0n) is 14.2. The number of fused-ring (bicyclic) bond motifs is 1. The molecule has 2 aromatic carbocycles. The van der Waals surface area contributed by atoms with Crippen LogP contribution in [-0.2, 0) is 10.1 Å². The first-order valence-electron chi connectivity index (χ1n) is 7.96. The van der Waals surface area contributed by atoms with E-state index in [0.717, 1.165) is 5.57 Å². The molecule has 0 saturated carbocycles. The van der Waals surface area contributed by atoms with Gasteiger partial charge in [-0.3, -0.25) is 4.55 Å². The topological polar surface area (TPSA) is 137 Å². The van der Waals surface area contributed by atoms with Gasteiger partial charge in [0.15, 0.2) is 5.75 Å². The van der Waals surface area contributed by atoms with E-state index in [2.05, 4.69) is 10.2 Å². The third-order valence-corrected chi connectivity index (χ3v) is 5.10. The number of carboxylic acid groups (broad SMARTS) is 1. The largest absolute Gasteiger partial charge is 0.505 e. The Morgan fingerprint density at radius 3 is 2.52 bits per heavy atom. The van der Waals surface area contributed by atoms with E-state index in [1.807, 2.05) is 0 Å². The average Bonchev–Trinajstić information content (AvgIpc) is 2.60. The zero-order valence-corrected chi connectivity index (χ0v) is 15.1. The maximum atomic E-state index is 11.6. The molecule has 0 atom stereocenters. The zero-order chi connectivity index (χ0) is 19.8. The normalized spacial score (nSPS) is 15.4. The Kier molecular flexibility index (Phi) is 4.81. The predicted octanol–water partition coefficient (Wildman–Crippen LogP) is 4.17. The number of benzene rings is 2. The number of azo groups is 1. The van der Waals surface area contributed by atoms with Gasteiger partial charge in [-0.05, 0) is 37.3 Å². The molecule has 0 bridgehead atoms. The Labute approximate surface area is 154 Å². The van der Waals surface area contributed by atoms with Gasteiger partial charge in [-0.2, -0.15) is 13.5 Å². The van der Waals surface area contributed by atoms with E-state index >= 15 is 0 Å². The molecule has 140 valence electrons. The standard InChI is InChI=1S/C18H16N2O6S/c1-10-6-7-14(15(8-10)27(24,25)26)19-20-16-12-5-3-2-4-11(12)9-13(17(16)21)18(22)23/h2-5,8-9,21H,6-7H2,1H3,(H,22,23)(H,24,25,26). The number of hydrogen-bond acceptors (Lipinski definition) is 6. The van der Waals surface area contributed by atoms with Crippen LogP contribution in [-0.4, -0.2) is 29.2 Å². The van der Waals surface area contributed by atoms with Gasteiger partial charge in [0.2, 0.25) is 0 Å². The molecular weight excluding hydrogens is 372 g/mol. The number of phenols is 1. The lowest BCUT2D eigenvalue weighted by Crippen LogP contribution is -2.07. The SMILES string of the molecule is CC1=CC(S(=O)(=O)O)=C(N=Nc2c(O)c(C(=O)O)cc3ccccc23)CC1. The van der Waals surface area contributed by atoms with Crippen molar-refractivity contribution in [3.05, 3.63) is 58.1 Å². The highest BCUT2D eigenvalue weighted by molar-refractivity contribution is 7.90. The van der Waals surface area contributed by atoms with Crippen LogP contribution in [0.15, 0.2) is 62.8 Å². The monoisotopic (exact) mass is 388 g/mol. The molecule has 27 heavy (non-hydrogen) atoms. The summed E-state index contributed by atoms with van der Waals surface area (Å²) < 4.78 is 32.6. The lowest BCUT2D eigenvalue weighted by atomic mass is 10.0. The van der Waals surface area contributed by atoms with Gasteiger partial charge in [-0.1, -0.05) is 29.8 Å². The van der Waals surface area contributed by atoms with Crippen LogP contribution in [0.25, 0.3) is 10.8 Å². The molecule has 0 heterocycles. The minimum atomic E-state index is -4.49. The van der Waals surface area contributed by atoms with Crippen LogP contribution in [0.3, 0.4) is 0 Å². The number of aromatic hydroxyl groups is 1. The van der Waals surface area contributed by atoms with Crippen molar-refractivity contribution in [3.8, 4) is 5.75 Å². The van der Waals surface area contributed by atoms with Crippen molar-refractivity contribution >= 4 is 32.5 Å². The summed E-state index contributed by atoms with van der Waals surface area (Å²) in [5.74, 6) is -1.90. The number of carboxylic acids is 1. The summed E-state index contributed by atoms with van der Waals surface area (Å²) in [6.45, 7) is 1.73. The third kappa shape index (κ3) is 3.74. The summed E-state index contributed by atoms with van der Waals surface area (Å²) in [5.41, 5.74) is 0.375. The van der Waals surface area contributed by atoms with Gasteiger partial charge in [-0.25, -0.2) is 4.79 Å². The van der Waals surface area contributed by atoms with Gasteiger partial charge in [0.25, 0.3) is 10.1 Å². The molecule has 2 aromatic rings. The second-order valence-electron chi connectivity index (χ2n) is 6.12. The number of rotatable bonds is 4. The van der Waals surface area contributed by atoms with Crippen LogP contribution < -0.4 is 0 Å². The van der Waals surface area contributed by atoms with Gasteiger partial charge >= 0.3 is 5.97 Å². The van der Waals surface area contributed by atoms with Crippen LogP contribution in [0.1, 0.15) is 30.1 Å². The van der Waals surface area contributed by atoms with E-state index < -0.39 is 21.8 Å². The molecule has 0 saturated heterocycles. The fourth-order valence-electron chi connectivity index (χ4n) is 2.83. The summed E-state index contributed by atoms with van der Waals surface area (Å²) in [7, 11) is -4.49. The molecule has 9 heteroatoms. The summed E-state index contributed by atoms with van der Waals surface area (Å²) >= 11 is 0. The molecule has 0 amide bonds. The van der Waals surface area contributed by atoms with E-state index in [1.165, 1.54) is 12.1 Å². The Morgan fingerprint density at radius 1 is 1.15 bits per heavy atom. The lowest BCUT2D eigenvalue weighted by Gasteiger charge is -2.13. The van der Waals surface area contributed by atoms with Crippen molar-refractivity contribution in [2.75, 3.05) is 0 Å². The van der Waals surface area contributed by atoms with Crippen LogP contribution in [0, 0.1) is 0 Å². The number of allylic oxidation sites excluding steroid dienone is 3. The van der Waals surface area contributed by atoms with E-state index in [-0.39, 0.29) is 28.3 Å². The van der Waals surface area contributed by atoms with E-state index in [0.29, 0.717) is 17.2 Å². The maximum absolute atomic E-state index is 11.6. The summed E-state index contributed by atoms with van der Waals surface area (Å²) in [4.78, 5) is 11.0. The molecule has 1 aliphatic carbocycles. The second-order valence-corrected chi connectivity index (χ2v) is 7.51. The number of carbonyl (C=O) groups is 1. The number of hydrogen-bond donors (Lipinski definition) is 3. The molecule has 0 spiro atoms. The predicted molar refractivity (Wildman–Crippen MR) is 98.7 cm³/mol. The van der Waals surface area contributed by atoms with E-state index in [4.69, 9.17) is 0 Å². The first-order valence-corrected chi connectivity index (χ1v) is 9.40. The summed E-state index contributed by atoms with van der Waals surface area (Å²) in [5, 5.41) is 28.5. The highest BCUT2D eigenvalue weighted by atomic mass is 32.2. The van der Waals surface area contributed by atoms with Crippen LogP contribution >= 0.6 is 0 Å². The molecule has 0 unspecified atom stereocenters. The minimum Gasteiger partial charge on any atom is -0.505 e. The van der Waals surface area contributed by atoms with Crippen LogP contribution in [0.2, 0.25) is 0 Å².